The van der Waals surface area contributed by atoms with Crippen LogP contribution in [0.4, 0.5) is 5.69 Å². The van der Waals surface area contributed by atoms with Gasteiger partial charge >= 0.3 is 0 Å². The van der Waals surface area contributed by atoms with E-state index in [2.05, 4.69) is 88.0 Å². The highest BCUT2D eigenvalue weighted by atomic mass is 16.2. The number of amides is 1. The van der Waals surface area contributed by atoms with Crippen LogP contribution in [-0.4, -0.2) is 54.0 Å². The highest BCUT2D eigenvalue weighted by molar-refractivity contribution is 5.88. The average molecular weight is 424 g/mol. The average Bonchev–Trinajstić information content (AvgIpc) is 3.17. The first kappa shape index (κ1) is 22.4. The number of nitrogens with one attached hydrogen (secondary N) is 1. The van der Waals surface area contributed by atoms with Crippen molar-refractivity contribution < 1.29 is 4.79 Å². The van der Waals surface area contributed by atoms with Crippen molar-refractivity contribution in [2.75, 3.05) is 25.5 Å². The minimum Gasteiger partial charge on any atom is -0.384 e. The fourth-order valence-corrected chi connectivity index (χ4v) is 6.22. The Morgan fingerprint density at radius 3 is 2.65 bits per heavy atom. The highest BCUT2D eigenvalue weighted by Gasteiger charge is 2.42. The number of fused-ring (bicyclic) bond motifs is 2. The predicted octanol–water partition coefficient (Wildman–Crippen LogP) is 5.22. The van der Waals surface area contributed by atoms with Gasteiger partial charge in [0, 0.05) is 42.8 Å². The summed E-state index contributed by atoms with van der Waals surface area (Å²) in [5.74, 6) is 1.90. The van der Waals surface area contributed by atoms with Gasteiger partial charge in [-0.2, -0.15) is 0 Å². The molecule has 0 radical (unpaired) electrons. The molecule has 1 amide bonds. The molecule has 0 aromatic heterocycles. The smallest absolute Gasteiger partial charge is 0.231 e. The Morgan fingerprint density at radius 1 is 1.23 bits per heavy atom. The van der Waals surface area contributed by atoms with E-state index in [1.807, 2.05) is 0 Å². The molecule has 0 bridgehead atoms. The Balaban J connectivity index is 1.67. The third kappa shape index (κ3) is 3.82. The molecule has 4 nitrogen and oxygen atoms in total. The van der Waals surface area contributed by atoms with Crippen LogP contribution in [0.25, 0.3) is 5.57 Å². The molecular formula is C27H41N3O. The fourth-order valence-electron chi connectivity index (χ4n) is 6.22. The van der Waals surface area contributed by atoms with Crippen LogP contribution in [0.2, 0.25) is 0 Å². The number of rotatable bonds is 6. The number of hydrogen-bond acceptors (Lipinski definition) is 3. The first-order valence-corrected chi connectivity index (χ1v) is 12.4. The van der Waals surface area contributed by atoms with Crippen molar-refractivity contribution in [2.24, 2.45) is 17.8 Å². The molecule has 1 aliphatic carbocycles. The molecule has 6 atom stereocenters. The van der Waals surface area contributed by atoms with Gasteiger partial charge in [0.2, 0.25) is 5.91 Å². The van der Waals surface area contributed by atoms with Crippen molar-refractivity contribution in [1.82, 2.24) is 9.80 Å². The molecule has 6 unspecified atom stereocenters. The molecular weight excluding hydrogens is 382 g/mol. The first-order chi connectivity index (χ1) is 14.7. The second kappa shape index (κ2) is 8.61. The van der Waals surface area contributed by atoms with Gasteiger partial charge in [-0.15, -0.1) is 0 Å². The van der Waals surface area contributed by atoms with E-state index < -0.39 is 0 Å². The van der Waals surface area contributed by atoms with Crippen molar-refractivity contribution in [3.8, 4) is 0 Å². The molecule has 3 aliphatic rings. The number of benzene rings is 1. The number of anilines is 1. The van der Waals surface area contributed by atoms with Gasteiger partial charge in [0.05, 0.1) is 5.92 Å². The zero-order valence-electron chi connectivity index (χ0n) is 20.5. The van der Waals surface area contributed by atoms with Crippen molar-refractivity contribution in [2.45, 2.75) is 78.4 Å². The van der Waals surface area contributed by atoms with Crippen LogP contribution in [0.3, 0.4) is 0 Å². The molecule has 1 N–H and O–H groups in total. The van der Waals surface area contributed by atoms with Crippen molar-refractivity contribution >= 4 is 17.2 Å². The van der Waals surface area contributed by atoms with Gasteiger partial charge in [-0.05, 0) is 68.8 Å². The molecule has 170 valence electrons. The van der Waals surface area contributed by atoms with Crippen LogP contribution in [0, 0.1) is 17.8 Å². The normalized spacial score (nSPS) is 27.6. The lowest BCUT2D eigenvalue weighted by atomic mass is 9.74. The minimum atomic E-state index is -0.0769. The predicted molar refractivity (Wildman–Crippen MR) is 130 cm³/mol. The summed E-state index contributed by atoms with van der Waals surface area (Å²) in [7, 11) is 2.21. The molecule has 2 heterocycles. The number of carbonyl (C=O) groups is 1. The maximum atomic E-state index is 13.9. The Morgan fingerprint density at radius 2 is 1.97 bits per heavy atom. The van der Waals surface area contributed by atoms with E-state index in [0.717, 1.165) is 25.9 Å². The molecule has 0 saturated carbocycles. The Bertz CT molecular complexity index is 860. The summed E-state index contributed by atoms with van der Waals surface area (Å²) in [6.45, 7) is 15.3. The van der Waals surface area contributed by atoms with Crippen LogP contribution < -0.4 is 5.32 Å². The second-order valence-electron chi connectivity index (χ2n) is 10.6. The lowest BCUT2D eigenvalue weighted by Gasteiger charge is -2.45. The summed E-state index contributed by atoms with van der Waals surface area (Å²) >= 11 is 0. The monoisotopic (exact) mass is 423 g/mol. The van der Waals surface area contributed by atoms with Crippen LogP contribution in [0.5, 0.6) is 0 Å². The number of carbonyl (C=O) groups excluding carboxylic acids is 1. The van der Waals surface area contributed by atoms with E-state index in [1.165, 1.54) is 22.4 Å². The molecule has 31 heavy (non-hydrogen) atoms. The quantitative estimate of drug-likeness (QED) is 0.681. The SMILES string of the molecule is CCC(C)C(C)C(C)N(C(=O)C1C=C2c3cccc4c3C(CN4)CC2N(C)C1)C(C)C. The van der Waals surface area contributed by atoms with E-state index in [4.69, 9.17) is 0 Å². The zero-order valence-corrected chi connectivity index (χ0v) is 20.5. The maximum absolute atomic E-state index is 13.9. The summed E-state index contributed by atoms with van der Waals surface area (Å²) in [5.41, 5.74) is 5.50. The molecule has 0 fully saturated rings. The Hall–Kier alpha value is -1.81. The minimum absolute atomic E-state index is 0.0769. The lowest BCUT2D eigenvalue weighted by molar-refractivity contribution is -0.140. The van der Waals surface area contributed by atoms with E-state index in [9.17, 15) is 4.79 Å². The Labute approximate surface area is 189 Å². The molecule has 4 rings (SSSR count). The van der Waals surface area contributed by atoms with Gasteiger partial charge in [0.15, 0.2) is 0 Å². The largest absolute Gasteiger partial charge is 0.384 e. The topological polar surface area (TPSA) is 35.6 Å². The number of nitrogens with zero attached hydrogens (tertiary/aromatic N) is 2. The van der Waals surface area contributed by atoms with Gasteiger partial charge in [-0.25, -0.2) is 0 Å². The van der Waals surface area contributed by atoms with E-state index in [0.29, 0.717) is 29.7 Å². The summed E-state index contributed by atoms with van der Waals surface area (Å²) in [6.07, 6.45) is 4.63. The molecule has 0 saturated heterocycles. The summed E-state index contributed by atoms with van der Waals surface area (Å²) in [6, 6.07) is 7.49. The Kier molecular flexibility index (Phi) is 6.22. The third-order valence-electron chi connectivity index (χ3n) is 8.50. The van der Waals surface area contributed by atoms with Crippen LogP contribution >= 0.6 is 0 Å². The third-order valence-corrected chi connectivity index (χ3v) is 8.50. The van der Waals surface area contributed by atoms with Crippen molar-refractivity contribution in [3.63, 3.8) is 0 Å². The number of likely N-dealkylation sites (N-methyl/N-ethyl adjacent to an activating group) is 1. The van der Waals surface area contributed by atoms with Crippen LogP contribution in [-0.2, 0) is 4.79 Å². The molecule has 0 spiro atoms. The summed E-state index contributed by atoms with van der Waals surface area (Å²) in [5, 5.41) is 3.60. The van der Waals surface area contributed by atoms with Crippen LogP contribution in [0.1, 0.15) is 71.4 Å². The van der Waals surface area contributed by atoms with Crippen LogP contribution in [0.15, 0.2) is 24.3 Å². The van der Waals surface area contributed by atoms with Gasteiger partial charge in [-0.1, -0.05) is 45.4 Å². The molecule has 1 aromatic rings. The van der Waals surface area contributed by atoms with E-state index >= 15 is 0 Å². The summed E-state index contributed by atoms with van der Waals surface area (Å²) < 4.78 is 0. The van der Waals surface area contributed by atoms with E-state index in [1.54, 1.807) is 0 Å². The second-order valence-corrected chi connectivity index (χ2v) is 10.6. The summed E-state index contributed by atoms with van der Waals surface area (Å²) in [4.78, 5) is 18.5. The molecule has 2 aliphatic heterocycles. The maximum Gasteiger partial charge on any atom is 0.231 e. The first-order valence-electron chi connectivity index (χ1n) is 12.4. The highest BCUT2D eigenvalue weighted by Crippen LogP contribution is 2.48. The van der Waals surface area contributed by atoms with E-state index in [-0.39, 0.29) is 18.0 Å². The zero-order chi connectivity index (χ0) is 22.4. The molecule has 1 aromatic carbocycles. The molecule has 4 heteroatoms. The standard InChI is InChI=1S/C27H41N3O/c1-8-17(4)18(5)19(6)30(16(2)3)27(31)21-12-23-22-10-9-11-24-26(22)20(14-28-24)13-25(23)29(7)15-21/h9-12,16-21,25,28H,8,13-15H2,1-7H3. The van der Waals surface area contributed by atoms with Gasteiger partial charge < -0.3 is 10.2 Å². The lowest BCUT2D eigenvalue weighted by Crippen LogP contribution is -2.53. The van der Waals surface area contributed by atoms with Gasteiger partial charge in [0.25, 0.3) is 0 Å². The fraction of sp³-hybridized carbons (Fsp3) is 0.667. The van der Waals surface area contributed by atoms with Gasteiger partial charge in [0.1, 0.15) is 0 Å². The van der Waals surface area contributed by atoms with Gasteiger partial charge in [-0.3, -0.25) is 9.69 Å². The number of hydrogen-bond donors (Lipinski definition) is 1. The van der Waals surface area contributed by atoms with Crippen molar-refractivity contribution in [1.29, 1.82) is 0 Å². The van der Waals surface area contributed by atoms with Crippen molar-refractivity contribution in [3.05, 3.63) is 35.4 Å².